The molecular weight excluding hydrogens is 394 g/mol. The highest BCUT2D eigenvalue weighted by molar-refractivity contribution is 5.03. The maximum absolute atomic E-state index is 10.9. The number of nitrogens with zero attached hydrogens (tertiary/aromatic N) is 1. The summed E-state index contributed by atoms with van der Waals surface area (Å²) in [4.78, 5) is 2.36. The Morgan fingerprint density at radius 2 is 1.52 bits per heavy atom. The highest BCUT2D eigenvalue weighted by Crippen LogP contribution is 2.45. The van der Waals surface area contributed by atoms with Crippen molar-refractivity contribution in [1.29, 1.82) is 0 Å². The van der Waals surface area contributed by atoms with Crippen LogP contribution in [0.25, 0.3) is 0 Å². The number of hydrogen-bond donors (Lipinski definition) is 1. The Hall–Kier alpha value is -0.240. The third-order valence-electron chi connectivity index (χ3n) is 6.89. The first-order valence-electron chi connectivity index (χ1n) is 13.0. The molecule has 6 nitrogen and oxygen atoms in total. The fraction of sp³-hybridized carbons (Fsp3) is 1.00. The third-order valence-corrected chi connectivity index (χ3v) is 6.89. The van der Waals surface area contributed by atoms with Gasteiger partial charge in [-0.2, -0.15) is 0 Å². The molecule has 0 aromatic carbocycles. The molecule has 3 aliphatic heterocycles. The first-order valence-corrected chi connectivity index (χ1v) is 13.0. The zero-order chi connectivity index (χ0) is 22.2. The summed E-state index contributed by atoms with van der Waals surface area (Å²) in [7, 11) is 0. The molecule has 0 radical (unpaired) electrons. The molecule has 0 aliphatic carbocycles. The lowest BCUT2D eigenvalue weighted by Crippen LogP contribution is -2.45. The van der Waals surface area contributed by atoms with Crippen LogP contribution in [0, 0.1) is 0 Å². The van der Waals surface area contributed by atoms with E-state index >= 15 is 0 Å². The summed E-state index contributed by atoms with van der Waals surface area (Å²) < 4.78 is 24.5. The zero-order valence-corrected chi connectivity index (χ0v) is 20.3. The van der Waals surface area contributed by atoms with Crippen molar-refractivity contribution < 1.29 is 24.1 Å². The van der Waals surface area contributed by atoms with Crippen molar-refractivity contribution in [3.8, 4) is 0 Å². The Balaban J connectivity index is 1.33. The van der Waals surface area contributed by atoms with Crippen LogP contribution in [0.1, 0.15) is 97.8 Å². The van der Waals surface area contributed by atoms with Crippen molar-refractivity contribution in [2.24, 2.45) is 0 Å². The van der Waals surface area contributed by atoms with E-state index in [4.69, 9.17) is 18.9 Å². The van der Waals surface area contributed by atoms with Gasteiger partial charge in [0, 0.05) is 13.2 Å². The molecule has 3 fully saturated rings. The molecule has 0 spiro atoms. The molecule has 1 N–H and O–H groups in total. The molecular formula is C25H47NO5. The molecule has 182 valence electrons. The highest BCUT2D eigenvalue weighted by Gasteiger charge is 2.64. The Morgan fingerprint density at radius 1 is 0.903 bits per heavy atom. The smallest absolute Gasteiger partial charge is 0.224 e. The van der Waals surface area contributed by atoms with Gasteiger partial charge in [0.25, 0.3) is 0 Å². The third kappa shape index (κ3) is 7.38. The Labute approximate surface area is 189 Å². The molecule has 0 aromatic heterocycles. The van der Waals surface area contributed by atoms with Gasteiger partial charge in [-0.1, -0.05) is 64.7 Å². The predicted molar refractivity (Wildman–Crippen MR) is 122 cm³/mol. The van der Waals surface area contributed by atoms with Gasteiger partial charge < -0.3 is 29.0 Å². The van der Waals surface area contributed by atoms with Gasteiger partial charge in [0.15, 0.2) is 5.79 Å². The molecule has 0 bridgehead atoms. The molecule has 0 aromatic rings. The van der Waals surface area contributed by atoms with Crippen molar-refractivity contribution in [2.45, 2.75) is 128 Å². The zero-order valence-electron chi connectivity index (χ0n) is 20.3. The lowest BCUT2D eigenvalue weighted by molar-refractivity contribution is -0.279. The van der Waals surface area contributed by atoms with E-state index in [1.807, 2.05) is 13.8 Å². The minimum Gasteiger partial charge on any atom is -0.387 e. The van der Waals surface area contributed by atoms with Gasteiger partial charge >= 0.3 is 0 Å². The van der Waals surface area contributed by atoms with Crippen molar-refractivity contribution in [3.63, 3.8) is 0 Å². The van der Waals surface area contributed by atoms with E-state index in [2.05, 4.69) is 11.8 Å². The first-order chi connectivity index (χ1) is 15.0. The maximum atomic E-state index is 10.9. The number of ether oxygens (including phenoxy) is 4. The van der Waals surface area contributed by atoms with Crippen LogP contribution in [0.3, 0.4) is 0 Å². The summed E-state index contributed by atoms with van der Waals surface area (Å²) in [5.74, 6) is -1.77. The summed E-state index contributed by atoms with van der Waals surface area (Å²) in [5, 5.41) is 10.9. The average Bonchev–Trinajstić information content (AvgIpc) is 3.38. The molecule has 0 unspecified atom stereocenters. The van der Waals surface area contributed by atoms with Crippen molar-refractivity contribution >= 4 is 0 Å². The fourth-order valence-electron chi connectivity index (χ4n) is 5.25. The SMILES string of the molecule is CCCCCCCCCCCCOC[C@]12O[C@H](CN3CCCC3)[C@H](O)[C@H]1OC(C)(C)O2. The number of rotatable bonds is 15. The van der Waals surface area contributed by atoms with E-state index in [-0.39, 0.29) is 6.10 Å². The predicted octanol–water partition coefficient (Wildman–Crippen LogP) is 4.63. The number of hydrogen-bond acceptors (Lipinski definition) is 6. The minimum atomic E-state index is -0.994. The molecule has 3 aliphatic rings. The van der Waals surface area contributed by atoms with Gasteiger partial charge in [-0.15, -0.1) is 0 Å². The van der Waals surface area contributed by atoms with Gasteiger partial charge in [0.2, 0.25) is 5.79 Å². The quantitative estimate of drug-likeness (QED) is 0.374. The van der Waals surface area contributed by atoms with Crippen LogP contribution in [0.2, 0.25) is 0 Å². The Morgan fingerprint density at radius 3 is 2.16 bits per heavy atom. The molecule has 6 heteroatoms. The van der Waals surface area contributed by atoms with E-state index < -0.39 is 23.8 Å². The standard InChI is InChI=1S/C25H47NO5/c1-4-5-6-7-8-9-10-11-12-15-18-28-20-25-23(30-24(2,3)31-25)22(27)21(29-25)19-26-16-13-14-17-26/h21-23,27H,4-20H2,1-3H3/t21-,22+,23-,25-/m1/s1. The van der Waals surface area contributed by atoms with Crippen LogP contribution < -0.4 is 0 Å². The molecule has 3 rings (SSSR count). The molecule has 31 heavy (non-hydrogen) atoms. The van der Waals surface area contributed by atoms with Gasteiger partial charge in [-0.05, 0) is 46.2 Å². The number of aliphatic hydroxyl groups is 1. The summed E-state index contributed by atoms with van der Waals surface area (Å²) in [6.07, 6.45) is 14.1. The number of unbranched alkanes of at least 4 members (excludes halogenated alkanes) is 9. The minimum absolute atomic E-state index is 0.292. The summed E-state index contributed by atoms with van der Waals surface area (Å²) >= 11 is 0. The topological polar surface area (TPSA) is 60.4 Å². The van der Waals surface area contributed by atoms with E-state index in [9.17, 15) is 5.11 Å². The molecule has 0 amide bonds. The van der Waals surface area contributed by atoms with E-state index in [1.54, 1.807) is 0 Å². The monoisotopic (exact) mass is 441 g/mol. The maximum Gasteiger partial charge on any atom is 0.224 e. The van der Waals surface area contributed by atoms with E-state index in [0.29, 0.717) is 13.2 Å². The number of likely N-dealkylation sites (tertiary alicyclic amines) is 1. The normalized spacial score (nSPS) is 32.7. The van der Waals surface area contributed by atoms with Crippen molar-refractivity contribution in [2.75, 3.05) is 32.8 Å². The van der Waals surface area contributed by atoms with Crippen LogP contribution in [0.4, 0.5) is 0 Å². The van der Waals surface area contributed by atoms with Crippen LogP contribution in [-0.4, -0.2) is 72.7 Å². The molecule has 3 saturated heterocycles. The Kier molecular flexibility index (Phi) is 10.1. The van der Waals surface area contributed by atoms with Crippen molar-refractivity contribution in [3.05, 3.63) is 0 Å². The number of fused-ring (bicyclic) bond motifs is 1. The summed E-state index contributed by atoms with van der Waals surface area (Å²) in [6.45, 7) is 9.91. The summed E-state index contributed by atoms with van der Waals surface area (Å²) in [5.41, 5.74) is 0. The van der Waals surface area contributed by atoms with Crippen molar-refractivity contribution in [1.82, 2.24) is 4.90 Å². The largest absolute Gasteiger partial charge is 0.387 e. The lowest BCUT2D eigenvalue weighted by atomic mass is 10.1. The highest BCUT2D eigenvalue weighted by atomic mass is 16.9. The molecule has 3 heterocycles. The Bertz CT molecular complexity index is 510. The van der Waals surface area contributed by atoms with Crippen LogP contribution in [0.5, 0.6) is 0 Å². The van der Waals surface area contributed by atoms with Crippen LogP contribution >= 0.6 is 0 Å². The van der Waals surface area contributed by atoms with Gasteiger partial charge in [-0.25, -0.2) is 0 Å². The van der Waals surface area contributed by atoms with Gasteiger partial charge in [0.05, 0.1) is 0 Å². The average molecular weight is 442 g/mol. The second-order valence-corrected chi connectivity index (χ2v) is 10.2. The molecule has 0 saturated carbocycles. The summed E-state index contributed by atoms with van der Waals surface area (Å²) in [6, 6.07) is 0. The van der Waals surface area contributed by atoms with E-state index in [0.717, 1.165) is 26.1 Å². The fourth-order valence-corrected chi connectivity index (χ4v) is 5.25. The first kappa shape index (κ1) is 25.4. The van der Waals surface area contributed by atoms with Crippen LogP contribution in [0.15, 0.2) is 0 Å². The number of aliphatic hydroxyl groups excluding tert-OH is 1. The van der Waals surface area contributed by atoms with Gasteiger partial charge in [-0.3, -0.25) is 0 Å². The van der Waals surface area contributed by atoms with E-state index in [1.165, 1.54) is 70.6 Å². The van der Waals surface area contributed by atoms with Gasteiger partial charge in [0.1, 0.15) is 24.9 Å². The van der Waals surface area contributed by atoms with Crippen LogP contribution in [-0.2, 0) is 18.9 Å². The second-order valence-electron chi connectivity index (χ2n) is 10.2. The lowest BCUT2D eigenvalue weighted by Gasteiger charge is -2.29. The second kappa shape index (κ2) is 12.3. The molecule has 4 atom stereocenters.